The molecule has 0 atom stereocenters. The predicted molar refractivity (Wildman–Crippen MR) is 147 cm³/mol. The van der Waals surface area contributed by atoms with Crippen molar-refractivity contribution >= 4 is 40.2 Å². The van der Waals surface area contributed by atoms with E-state index in [2.05, 4.69) is 51.7 Å². The molecule has 188 valence electrons. The van der Waals surface area contributed by atoms with E-state index in [1.807, 2.05) is 24.3 Å². The van der Waals surface area contributed by atoms with Gasteiger partial charge < -0.3 is 25.0 Å². The lowest BCUT2D eigenvalue weighted by Crippen LogP contribution is -2.43. The number of anilines is 2. The Morgan fingerprint density at radius 2 is 1.70 bits per heavy atom. The molecule has 3 aliphatic rings. The summed E-state index contributed by atoms with van der Waals surface area (Å²) in [7, 11) is 2.17. The number of hydrogen-bond donors (Lipinski definition) is 2. The quantitative estimate of drug-likeness (QED) is 0.453. The second-order valence-corrected chi connectivity index (χ2v) is 9.90. The van der Waals surface area contributed by atoms with E-state index in [4.69, 9.17) is 21.1 Å². The minimum atomic E-state index is -0.193. The zero-order valence-corrected chi connectivity index (χ0v) is 21.2. The zero-order chi connectivity index (χ0) is 25.4. The van der Waals surface area contributed by atoms with E-state index in [-0.39, 0.29) is 5.91 Å². The number of hydrogen-bond acceptors (Lipinski definition) is 6. The van der Waals surface area contributed by atoms with Crippen molar-refractivity contribution in [2.24, 2.45) is 0 Å². The van der Waals surface area contributed by atoms with Crippen LogP contribution < -0.4 is 20.1 Å². The lowest BCUT2D eigenvalue weighted by Gasteiger charge is -2.32. The van der Waals surface area contributed by atoms with Gasteiger partial charge in [-0.15, -0.1) is 0 Å². The molecule has 3 heterocycles. The molecule has 3 aliphatic heterocycles. The zero-order valence-electron chi connectivity index (χ0n) is 20.5. The number of piperazine rings is 1. The predicted octanol–water partition coefficient (Wildman–Crippen LogP) is 5.26. The third kappa shape index (κ3) is 4.93. The highest BCUT2D eigenvalue weighted by Gasteiger charge is 2.29. The van der Waals surface area contributed by atoms with Crippen molar-refractivity contribution in [1.82, 2.24) is 9.80 Å². The summed E-state index contributed by atoms with van der Waals surface area (Å²) in [4.78, 5) is 18.0. The largest absolute Gasteiger partial charge is 0.458 e. The van der Waals surface area contributed by atoms with Gasteiger partial charge in [0, 0.05) is 54.6 Å². The van der Waals surface area contributed by atoms with Crippen LogP contribution in [0.4, 0.5) is 11.4 Å². The molecule has 0 aromatic heterocycles. The standard InChI is InChI=1S/C29H27ClN4O3/c1-33-10-12-34(13-11-33)18-19-2-6-22(7-3-19)31-28(20-4-9-25-26(16-20)37-15-14-36-25)27-23-8-5-21(30)17-24(23)32-29(27)35/h2-9,14-17,31H,10-13,18H2,1H3,(H,32,35)/b28-27-. The van der Waals surface area contributed by atoms with Gasteiger partial charge >= 0.3 is 0 Å². The fourth-order valence-corrected chi connectivity index (χ4v) is 5.00. The molecule has 0 bridgehead atoms. The van der Waals surface area contributed by atoms with Gasteiger partial charge in [-0.25, -0.2) is 0 Å². The van der Waals surface area contributed by atoms with Crippen LogP contribution in [0.3, 0.4) is 0 Å². The van der Waals surface area contributed by atoms with Crippen LogP contribution in [-0.4, -0.2) is 48.9 Å². The van der Waals surface area contributed by atoms with Crippen LogP contribution in [0.5, 0.6) is 11.5 Å². The molecule has 1 saturated heterocycles. The van der Waals surface area contributed by atoms with Crippen molar-refractivity contribution < 1.29 is 14.3 Å². The number of fused-ring (bicyclic) bond motifs is 2. The first-order valence-electron chi connectivity index (χ1n) is 12.3. The molecule has 37 heavy (non-hydrogen) atoms. The summed E-state index contributed by atoms with van der Waals surface area (Å²) in [5.74, 6) is 1.00. The Bertz CT molecular complexity index is 1410. The summed E-state index contributed by atoms with van der Waals surface area (Å²) in [5.41, 5.74) is 5.63. The maximum absolute atomic E-state index is 13.2. The summed E-state index contributed by atoms with van der Waals surface area (Å²) in [6, 6.07) is 19.4. The molecule has 0 aliphatic carbocycles. The highest BCUT2D eigenvalue weighted by Crippen LogP contribution is 2.41. The molecule has 3 aromatic rings. The molecule has 2 N–H and O–H groups in total. The number of benzene rings is 3. The van der Waals surface area contributed by atoms with Crippen LogP contribution >= 0.6 is 11.6 Å². The normalized spacial score (nSPS) is 18.4. The Morgan fingerprint density at radius 3 is 2.49 bits per heavy atom. The summed E-state index contributed by atoms with van der Waals surface area (Å²) < 4.78 is 11.2. The first-order chi connectivity index (χ1) is 18.0. The summed E-state index contributed by atoms with van der Waals surface area (Å²) in [6.45, 7) is 5.26. The third-order valence-corrected chi connectivity index (χ3v) is 7.11. The number of amides is 1. The van der Waals surface area contributed by atoms with Gasteiger partial charge in [-0.2, -0.15) is 0 Å². The van der Waals surface area contributed by atoms with Crippen molar-refractivity contribution in [2.75, 3.05) is 43.9 Å². The Labute approximate surface area is 220 Å². The molecule has 7 nitrogen and oxygen atoms in total. The Morgan fingerprint density at radius 1 is 0.946 bits per heavy atom. The van der Waals surface area contributed by atoms with E-state index in [0.717, 1.165) is 49.5 Å². The molecular formula is C29H27ClN4O3. The van der Waals surface area contributed by atoms with Crippen LogP contribution in [0.2, 0.25) is 5.02 Å². The van der Waals surface area contributed by atoms with Gasteiger partial charge in [-0.05, 0) is 55.1 Å². The van der Waals surface area contributed by atoms with Crippen LogP contribution in [0, 0.1) is 0 Å². The monoisotopic (exact) mass is 514 g/mol. The molecule has 0 spiro atoms. The molecule has 0 saturated carbocycles. The average Bonchev–Trinajstić information content (AvgIpc) is 3.23. The van der Waals surface area contributed by atoms with E-state index in [9.17, 15) is 4.79 Å². The first kappa shape index (κ1) is 23.6. The van der Waals surface area contributed by atoms with Crippen LogP contribution in [0.15, 0.2) is 73.2 Å². The number of rotatable bonds is 5. The van der Waals surface area contributed by atoms with Gasteiger partial charge in [0.2, 0.25) is 0 Å². The van der Waals surface area contributed by atoms with Gasteiger partial charge in [-0.1, -0.05) is 29.8 Å². The van der Waals surface area contributed by atoms with Crippen molar-refractivity contribution in [1.29, 1.82) is 0 Å². The number of ether oxygens (including phenoxy) is 2. The van der Waals surface area contributed by atoms with Gasteiger partial charge in [0.25, 0.3) is 5.91 Å². The molecule has 1 fully saturated rings. The second kappa shape index (κ2) is 9.94. The average molecular weight is 515 g/mol. The topological polar surface area (TPSA) is 66.1 Å². The van der Waals surface area contributed by atoms with E-state index in [1.165, 1.54) is 18.1 Å². The van der Waals surface area contributed by atoms with Gasteiger partial charge in [0.05, 0.1) is 17.0 Å². The van der Waals surface area contributed by atoms with Gasteiger partial charge in [-0.3, -0.25) is 9.69 Å². The Hall–Kier alpha value is -3.78. The fraction of sp³-hybridized carbons (Fsp3) is 0.207. The second-order valence-electron chi connectivity index (χ2n) is 9.46. The molecule has 1 amide bonds. The first-order valence-corrected chi connectivity index (χ1v) is 12.7. The van der Waals surface area contributed by atoms with Crippen molar-refractivity contribution in [3.05, 3.63) is 94.9 Å². The molecule has 3 aromatic carbocycles. The number of nitrogens with zero attached hydrogens (tertiary/aromatic N) is 2. The molecule has 8 heteroatoms. The third-order valence-electron chi connectivity index (χ3n) is 6.88. The fourth-order valence-electron chi connectivity index (χ4n) is 4.83. The smallest absolute Gasteiger partial charge is 0.258 e. The van der Waals surface area contributed by atoms with Crippen LogP contribution in [-0.2, 0) is 11.3 Å². The maximum Gasteiger partial charge on any atom is 0.258 e. The lowest BCUT2D eigenvalue weighted by atomic mass is 9.99. The van der Waals surface area contributed by atoms with Crippen molar-refractivity contribution in [3.63, 3.8) is 0 Å². The number of carbonyl (C=O) groups is 1. The number of halogens is 1. The minimum absolute atomic E-state index is 0.193. The summed E-state index contributed by atoms with van der Waals surface area (Å²) in [5, 5.41) is 7.03. The number of carbonyl (C=O) groups excluding carboxylic acids is 1. The SMILES string of the molecule is CN1CCN(Cc2ccc(N/C(=C3\C(=O)Nc4cc(Cl)ccc43)c3ccc4c(c3)OC=CO4)cc2)CC1. The molecule has 0 radical (unpaired) electrons. The van der Waals surface area contributed by atoms with E-state index < -0.39 is 0 Å². The summed E-state index contributed by atoms with van der Waals surface area (Å²) in [6.07, 6.45) is 2.98. The maximum atomic E-state index is 13.2. The van der Waals surface area contributed by atoms with Crippen LogP contribution in [0.25, 0.3) is 11.3 Å². The van der Waals surface area contributed by atoms with Crippen molar-refractivity contribution in [3.8, 4) is 11.5 Å². The molecule has 6 rings (SSSR count). The van der Waals surface area contributed by atoms with Gasteiger partial charge in [0.15, 0.2) is 11.5 Å². The minimum Gasteiger partial charge on any atom is -0.458 e. The molecule has 0 unspecified atom stereocenters. The van der Waals surface area contributed by atoms with E-state index in [1.54, 1.807) is 12.1 Å². The Kier molecular flexibility index (Phi) is 6.34. The molecular weight excluding hydrogens is 488 g/mol. The number of likely N-dealkylation sites (N-methyl/N-ethyl adjacent to an activating group) is 1. The lowest BCUT2D eigenvalue weighted by molar-refractivity contribution is -0.110. The van der Waals surface area contributed by atoms with Crippen molar-refractivity contribution in [2.45, 2.75) is 6.54 Å². The van der Waals surface area contributed by atoms with E-state index >= 15 is 0 Å². The highest BCUT2D eigenvalue weighted by atomic mass is 35.5. The van der Waals surface area contributed by atoms with E-state index in [0.29, 0.717) is 33.5 Å². The summed E-state index contributed by atoms with van der Waals surface area (Å²) >= 11 is 6.19. The van der Waals surface area contributed by atoms with Crippen LogP contribution in [0.1, 0.15) is 16.7 Å². The van der Waals surface area contributed by atoms with Gasteiger partial charge in [0.1, 0.15) is 12.5 Å². The highest BCUT2D eigenvalue weighted by molar-refractivity contribution is 6.38. The Balaban J connectivity index is 1.34. The number of nitrogens with one attached hydrogen (secondary N) is 2.